The number of carbonyl (C=O) groups excluding carboxylic acids is 1. The van der Waals surface area contributed by atoms with E-state index in [-0.39, 0.29) is 17.6 Å². The monoisotopic (exact) mass is 307 g/mol. The van der Waals surface area contributed by atoms with Crippen LogP contribution in [0.25, 0.3) is 0 Å². The van der Waals surface area contributed by atoms with Gasteiger partial charge in [0, 0.05) is 19.6 Å². The first kappa shape index (κ1) is 16.9. The first-order valence-corrected chi connectivity index (χ1v) is 8.08. The summed E-state index contributed by atoms with van der Waals surface area (Å²) in [5, 5.41) is 6.08. The van der Waals surface area contributed by atoms with Crippen LogP contribution < -0.4 is 10.6 Å². The van der Waals surface area contributed by atoms with Gasteiger partial charge < -0.3 is 10.6 Å². The Morgan fingerprint density at radius 3 is 3.05 bits per heavy atom. The van der Waals surface area contributed by atoms with E-state index in [9.17, 15) is 9.18 Å². The third kappa shape index (κ3) is 5.39. The van der Waals surface area contributed by atoms with Gasteiger partial charge in [-0.25, -0.2) is 4.39 Å². The fraction of sp³-hybridized carbons (Fsp3) is 0.588. The number of carbonyl (C=O) groups is 1. The summed E-state index contributed by atoms with van der Waals surface area (Å²) in [6.45, 7) is 4.08. The molecule has 1 aliphatic rings. The van der Waals surface area contributed by atoms with Gasteiger partial charge >= 0.3 is 0 Å². The van der Waals surface area contributed by atoms with E-state index in [1.807, 2.05) is 13.1 Å². The molecule has 0 radical (unpaired) electrons. The van der Waals surface area contributed by atoms with Crippen molar-refractivity contribution in [3.63, 3.8) is 0 Å². The molecule has 5 heteroatoms. The molecule has 122 valence electrons. The van der Waals surface area contributed by atoms with Gasteiger partial charge in [-0.3, -0.25) is 9.69 Å². The highest BCUT2D eigenvalue weighted by molar-refractivity contribution is 5.78. The van der Waals surface area contributed by atoms with Gasteiger partial charge in [0.05, 0.1) is 5.92 Å². The largest absolute Gasteiger partial charge is 0.356 e. The number of amides is 1. The summed E-state index contributed by atoms with van der Waals surface area (Å²) < 4.78 is 13.2. The highest BCUT2D eigenvalue weighted by Crippen LogP contribution is 2.19. The summed E-state index contributed by atoms with van der Waals surface area (Å²) in [7, 11) is 1.91. The van der Waals surface area contributed by atoms with Crippen LogP contribution in [-0.2, 0) is 11.3 Å². The zero-order valence-corrected chi connectivity index (χ0v) is 13.3. The Balaban J connectivity index is 1.79. The summed E-state index contributed by atoms with van der Waals surface area (Å²) in [5.74, 6) is 0.00489. The zero-order valence-electron chi connectivity index (χ0n) is 13.3. The van der Waals surface area contributed by atoms with Gasteiger partial charge in [0.25, 0.3) is 0 Å². The van der Waals surface area contributed by atoms with Crippen LogP contribution in [0.2, 0.25) is 0 Å². The third-order valence-electron chi connectivity index (χ3n) is 4.07. The van der Waals surface area contributed by atoms with Crippen LogP contribution in [-0.4, -0.2) is 44.0 Å². The first-order valence-electron chi connectivity index (χ1n) is 8.08. The Morgan fingerprint density at radius 1 is 1.41 bits per heavy atom. The van der Waals surface area contributed by atoms with Crippen molar-refractivity contribution in [3.8, 4) is 0 Å². The van der Waals surface area contributed by atoms with Crippen LogP contribution in [0.1, 0.15) is 24.8 Å². The Morgan fingerprint density at radius 2 is 2.27 bits per heavy atom. The molecule has 1 unspecified atom stereocenters. The van der Waals surface area contributed by atoms with Crippen molar-refractivity contribution in [1.29, 1.82) is 0 Å². The number of piperidine rings is 1. The van der Waals surface area contributed by atoms with E-state index >= 15 is 0 Å². The number of rotatable bonds is 7. The molecule has 0 aromatic heterocycles. The third-order valence-corrected chi connectivity index (χ3v) is 4.07. The minimum atomic E-state index is -0.201. The molecule has 0 bridgehead atoms. The van der Waals surface area contributed by atoms with Gasteiger partial charge in [-0.15, -0.1) is 0 Å². The maximum Gasteiger partial charge on any atom is 0.224 e. The first-order chi connectivity index (χ1) is 10.7. The van der Waals surface area contributed by atoms with Gasteiger partial charge in [-0.1, -0.05) is 12.1 Å². The minimum Gasteiger partial charge on any atom is -0.356 e. The van der Waals surface area contributed by atoms with Crippen molar-refractivity contribution in [2.75, 3.05) is 33.2 Å². The molecule has 1 atom stereocenters. The van der Waals surface area contributed by atoms with Crippen LogP contribution in [0.5, 0.6) is 0 Å². The number of hydrogen-bond acceptors (Lipinski definition) is 3. The van der Waals surface area contributed by atoms with Crippen molar-refractivity contribution in [1.82, 2.24) is 15.5 Å². The van der Waals surface area contributed by atoms with Crippen LogP contribution in [0.3, 0.4) is 0 Å². The minimum absolute atomic E-state index is 0.0527. The van der Waals surface area contributed by atoms with Gasteiger partial charge in [0.15, 0.2) is 0 Å². The lowest BCUT2D eigenvalue weighted by atomic mass is 9.96. The number of nitrogens with zero attached hydrogens (tertiary/aromatic N) is 1. The lowest BCUT2D eigenvalue weighted by Gasteiger charge is -2.32. The molecule has 1 aromatic rings. The molecule has 0 spiro atoms. The van der Waals surface area contributed by atoms with Crippen LogP contribution in [0.4, 0.5) is 4.39 Å². The van der Waals surface area contributed by atoms with Gasteiger partial charge in [-0.2, -0.15) is 0 Å². The molecule has 1 fully saturated rings. The molecule has 1 amide bonds. The average molecular weight is 307 g/mol. The summed E-state index contributed by atoms with van der Waals surface area (Å²) >= 11 is 0. The predicted octanol–water partition coefficient (Wildman–Crippen LogP) is 1.76. The second-order valence-electron chi connectivity index (χ2n) is 5.95. The SMILES string of the molecule is CNCCCNC(=O)C1CCCN(Cc2cccc(F)c2)C1. The summed E-state index contributed by atoms with van der Waals surface area (Å²) in [6, 6.07) is 6.70. The van der Waals surface area contributed by atoms with Crippen LogP contribution in [0, 0.1) is 11.7 Å². The molecule has 2 rings (SSSR count). The van der Waals surface area contributed by atoms with E-state index in [2.05, 4.69) is 15.5 Å². The van der Waals surface area contributed by atoms with E-state index < -0.39 is 0 Å². The van der Waals surface area contributed by atoms with Gasteiger partial charge in [0.1, 0.15) is 5.82 Å². The quantitative estimate of drug-likeness (QED) is 0.755. The van der Waals surface area contributed by atoms with Crippen molar-refractivity contribution < 1.29 is 9.18 Å². The number of halogens is 1. The lowest BCUT2D eigenvalue weighted by Crippen LogP contribution is -2.43. The lowest BCUT2D eigenvalue weighted by molar-refractivity contribution is -0.126. The fourth-order valence-corrected chi connectivity index (χ4v) is 2.93. The zero-order chi connectivity index (χ0) is 15.8. The highest BCUT2D eigenvalue weighted by Gasteiger charge is 2.25. The van der Waals surface area contributed by atoms with E-state index in [1.54, 1.807) is 12.1 Å². The molecule has 1 heterocycles. The topological polar surface area (TPSA) is 44.4 Å². The van der Waals surface area contributed by atoms with Crippen LogP contribution >= 0.6 is 0 Å². The second-order valence-corrected chi connectivity index (χ2v) is 5.95. The normalized spacial score (nSPS) is 19.1. The molecule has 2 N–H and O–H groups in total. The van der Waals surface area contributed by atoms with Crippen LogP contribution in [0.15, 0.2) is 24.3 Å². The molecule has 4 nitrogen and oxygen atoms in total. The molecule has 1 saturated heterocycles. The number of nitrogens with one attached hydrogen (secondary N) is 2. The van der Waals surface area contributed by atoms with Crippen molar-refractivity contribution >= 4 is 5.91 Å². The predicted molar refractivity (Wildman–Crippen MR) is 86.0 cm³/mol. The number of benzene rings is 1. The standard InChI is InChI=1S/C17H26FN3O/c1-19-8-4-9-20-17(22)15-6-3-10-21(13-15)12-14-5-2-7-16(18)11-14/h2,5,7,11,15,19H,3-4,6,8-10,12-13H2,1H3,(H,20,22). The van der Waals surface area contributed by atoms with E-state index in [0.717, 1.165) is 51.0 Å². The summed E-state index contributed by atoms with van der Waals surface area (Å²) in [6.07, 6.45) is 2.91. The molecule has 0 saturated carbocycles. The Kier molecular flexibility index (Phi) is 6.80. The maximum absolute atomic E-state index is 13.2. The molecule has 22 heavy (non-hydrogen) atoms. The van der Waals surface area contributed by atoms with E-state index in [1.165, 1.54) is 6.07 Å². The Hall–Kier alpha value is -1.46. The fourth-order valence-electron chi connectivity index (χ4n) is 2.93. The maximum atomic E-state index is 13.2. The van der Waals surface area contributed by atoms with Gasteiger partial charge in [0.2, 0.25) is 5.91 Å². The van der Waals surface area contributed by atoms with Crippen molar-refractivity contribution in [2.24, 2.45) is 5.92 Å². The smallest absolute Gasteiger partial charge is 0.224 e. The van der Waals surface area contributed by atoms with Crippen molar-refractivity contribution in [2.45, 2.75) is 25.8 Å². The molecular weight excluding hydrogens is 281 g/mol. The molecule has 0 aliphatic carbocycles. The Bertz CT molecular complexity index is 481. The number of likely N-dealkylation sites (tertiary alicyclic amines) is 1. The summed E-state index contributed by atoms with van der Waals surface area (Å²) in [4.78, 5) is 14.4. The highest BCUT2D eigenvalue weighted by atomic mass is 19.1. The van der Waals surface area contributed by atoms with E-state index in [0.29, 0.717) is 6.54 Å². The van der Waals surface area contributed by atoms with E-state index in [4.69, 9.17) is 0 Å². The molecular formula is C17H26FN3O. The van der Waals surface area contributed by atoms with Crippen molar-refractivity contribution in [3.05, 3.63) is 35.6 Å². The summed E-state index contributed by atoms with van der Waals surface area (Å²) in [5.41, 5.74) is 0.968. The number of hydrogen-bond donors (Lipinski definition) is 2. The second kappa shape index (κ2) is 8.86. The Labute approximate surface area is 132 Å². The van der Waals surface area contributed by atoms with Gasteiger partial charge in [-0.05, 0) is 57.1 Å². The molecule has 1 aromatic carbocycles. The molecule has 1 aliphatic heterocycles. The average Bonchev–Trinajstić information content (AvgIpc) is 2.52.